The molecule has 0 spiro atoms. The van der Waals surface area contributed by atoms with Crippen molar-refractivity contribution in [2.45, 2.75) is 70.1 Å². The molecule has 2 rings (SSSR count). The molecule has 0 bridgehead atoms. The van der Waals surface area contributed by atoms with Gasteiger partial charge in [-0.05, 0) is 32.6 Å². The standard InChI is InChI=1S/C13H24N2O2/c1-10(12-8-5-9-17-12)14-13(16)15-11-6-3-2-4-7-11/h10-12H,2-9H2,1H3,(H2,14,15,16)/t10-,12-/m0/s1. The maximum atomic E-state index is 11.8. The summed E-state index contributed by atoms with van der Waals surface area (Å²) in [7, 11) is 0. The van der Waals surface area contributed by atoms with Crippen LogP contribution < -0.4 is 10.6 Å². The second-order valence-corrected chi connectivity index (χ2v) is 5.29. The predicted octanol–water partition coefficient (Wildman–Crippen LogP) is 2.19. The fraction of sp³-hybridized carbons (Fsp3) is 0.923. The molecule has 2 fully saturated rings. The van der Waals surface area contributed by atoms with E-state index in [1.807, 2.05) is 6.92 Å². The van der Waals surface area contributed by atoms with Crippen molar-refractivity contribution in [2.75, 3.05) is 6.61 Å². The molecule has 0 aromatic rings. The minimum absolute atomic E-state index is 0.0279. The summed E-state index contributed by atoms with van der Waals surface area (Å²) in [4.78, 5) is 11.8. The third kappa shape index (κ3) is 3.87. The van der Waals surface area contributed by atoms with Gasteiger partial charge in [0.05, 0.1) is 12.1 Å². The summed E-state index contributed by atoms with van der Waals surface area (Å²) in [5, 5.41) is 6.06. The molecule has 98 valence electrons. The van der Waals surface area contributed by atoms with Gasteiger partial charge in [-0.25, -0.2) is 4.79 Å². The van der Waals surface area contributed by atoms with Gasteiger partial charge in [-0.2, -0.15) is 0 Å². The lowest BCUT2D eigenvalue weighted by molar-refractivity contribution is 0.0857. The Hall–Kier alpha value is -0.770. The van der Waals surface area contributed by atoms with Gasteiger partial charge in [0.25, 0.3) is 0 Å². The fourth-order valence-electron chi connectivity index (χ4n) is 2.77. The number of nitrogens with one attached hydrogen (secondary N) is 2. The minimum Gasteiger partial charge on any atom is -0.376 e. The first-order valence-corrected chi connectivity index (χ1v) is 6.94. The topological polar surface area (TPSA) is 50.4 Å². The van der Waals surface area contributed by atoms with Crippen molar-refractivity contribution in [3.8, 4) is 0 Å². The lowest BCUT2D eigenvalue weighted by atomic mass is 9.96. The summed E-state index contributed by atoms with van der Waals surface area (Å²) >= 11 is 0. The molecule has 1 aliphatic carbocycles. The zero-order valence-electron chi connectivity index (χ0n) is 10.7. The van der Waals surface area contributed by atoms with Crippen molar-refractivity contribution < 1.29 is 9.53 Å². The molecule has 17 heavy (non-hydrogen) atoms. The monoisotopic (exact) mass is 240 g/mol. The highest BCUT2D eigenvalue weighted by atomic mass is 16.5. The quantitative estimate of drug-likeness (QED) is 0.794. The number of hydrogen-bond acceptors (Lipinski definition) is 2. The van der Waals surface area contributed by atoms with E-state index in [1.165, 1.54) is 19.3 Å². The normalized spacial score (nSPS) is 27.7. The Labute approximate surface area is 103 Å². The molecule has 2 amide bonds. The van der Waals surface area contributed by atoms with Crippen LogP contribution in [0.15, 0.2) is 0 Å². The molecule has 4 nitrogen and oxygen atoms in total. The summed E-state index contributed by atoms with van der Waals surface area (Å²) in [6.07, 6.45) is 8.42. The van der Waals surface area contributed by atoms with E-state index in [9.17, 15) is 4.79 Å². The van der Waals surface area contributed by atoms with E-state index in [1.54, 1.807) is 0 Å². The van der Waals surface area contributed by atoms with Crippen LogP contribution in [0, 0.1) is 0 Å². The molecule has 1 saturated carbocycles. The van der Waals surface area contributed by atoms with Gasteiger partial charge in [0.1, 0.15) is 0 Å². The number of rotatable bonds is 3. The highest BCUT2D eigenvalue weighted by Gasteiger charge is 2.24. The number of urea groups is 1. The van der Waals surface area contributed by atoms with E-state index >= 15 is 0 Å². The van der Waals surface area contributed by atoms with Crippen LogP contribution in [0.2, 0.25) is 0 Å². The summed E-state index contributed by atoms with van der Waals surface area (Å²) in [5.41, 5.74) is 0. The highest BCUT2D eigenvalue weighted by Crippen LogP contribution is 2.18. The Kier molecular flexibility index (Phi) is 4.66. The van der Waals surface area contributed by atoms with Crippen LogP contribution in [0.1, 0.15) is 51.9 Å². The molecular formula is C13H24N2O2. The van der Waals surface area contributed by atoms with Crippen molar-refractivity contribution in [3.05, 3.63) is 0 Å². The molecule has 4 heteroatoms. The smallest absolute Gasteiger partial charge is 0.315 e. The van der Waals surface area contributed by atoms with Gasteiger partial charge in [-0.3, -0.25) is 0 Å². The fourth-order valence-corrected chi connectivity index (χ4v) is 2.77. The Morgan fingerprint density at radius 2 is 1.94 bits per heavy atom. The van der Waals surface area contributed by atoms with Crippen LogP contribution in [0.3, 0.4) is 0 Å². The van der Waals surface area contributed by atoms with Crippen LogP contribution in [0.4, 0.5) is 4.79 Å². The summed E-state index contributed by atoms with van der Waals surface area (Å²) < 4.78 is 5.56. The zero-order valence-corrected chi connectivity index (χ0v) is 10.7. The number of hydrogen-bond donors (Lipinski definition) is 2. The molecule has 0 unspecified atom stereocenters. The van der Waals surface area contributed by atoms with Crippen molar-refractivity contribution in [1.82, 2.24) is 10.6 Å². The van der Waals surface area contributed by atoms with Crippen molar-refractivity contribution in [1.29, 1.82) is 0 Å². The van der Waals surface area contributed by atoms with Crippen LogP contribution in [0.25, 0.3) is 0 Å². The van der Waals surface area contributed by atoms with Crippen molar-refractivity contribution >= 4 is 6.03 Å². The third-order valence-electron chi connectivity index (χ3n) is 3.82. The molecular weight excluding hydrogens is 216 g/mol. The zero-order chi connectivity index (χ0) is 12.1. The highest BCUT2D eigenvalue weighted by molar-refractivity contribution is 5.74. The maximum absolute atomic E-state index is 11.8. The Morgan fingerprint density at radius 3 is 2.59 bits per heavy atom. The summed E-state index contributed by atoms with van der Waals surface area (Å²) in [5.74, 6) is 0. The van der Waals surface area contributed by atoms with E-state index in [2.05, 4.69) is 10.6 Å². The first-order valence-electron chi connectivity index (χ1n) is 6.94. The Bertz CT molecular complexity index is 246. The Morgan fingerprint density at radius 1 is 1.18 bits per heavy atom. The number of amides is 2. The molecule has 1 heterocycles. The molecule has 0 aromatic carbocycles. The van der Waals surface area contributed by atoms with Crippen LogP contribution in [-0.2, 0) is 4.74 Å². The molecule has 2 aliphatic rings. The lowest BCUT2D eigenvalue weighted by Crippen LogP contribution is -2.49. The van der Waals surface area contributed by atoms with Crippen LogP contribution in [0.5, 0.6) is 0 Å². The first kappa shape index (κ1) is 12.7. The lowest BCUT2D eigenvalue weighted by Gasteiger charge is -2.25. The Balaban J connectivity index is 1.68. The summed E-state index contributed by atoms with van der Waals surface area (Å²) in [6, 6.07) is 0.460. The van der Waals surface area contributed by atoms with Crippen LogP contribution >= 0.6 is 0 Å². The minimum atomic E-state index is -0.0279. The molecule has 0 radical (unpaired) electrons. The number of carbonyl (C=O) groups is 1. The third-order valence-corrected chi connectivity index (χ3v) is 3.82. The van der Waals surface area contributed by atoms with E-state index < -0.39 is 0 Å². The summed E-state index contributed by atoms with van der Waals surface area (Å²) in [6.45, 7) is 2.86. The van der Waals surface area contributed by atoms with Gasteiger partial charge < -0.3 is 15.4 Å². The van der Waals surface area contributed by atoms with E-state index in [4.69, 9.17) is 4.74 Å². The molecule has 0 aromatic heterocycles. The molecule has 1 aliphatic heterocycles. The van der Waals surface area contributed by atoms with Gasteiger partial charge in [0.15, 0.2) is 0 Å². The van der Waals surface area contributed by atoms with Crippen molar-refractivity contribution in [2.24, 2.45) is 0 Å². The average molecular weight is 240 g/mol. The molecule has 1 saturated heterocycles. The second-order valence-electron chi connectivity index (χ2n) is 5.29. The van der Waals surface area contributed by atoms with Gasteiger partial charge >= 0.3 is 6.03 Å². The van der Waals surface area contributed by atoms with Gasteiger partial charge in [0.2, 0.25) is 0 Å². The van der Waals surface area contributed by atoms with Gasteiger partial charge in [0, 0.05) is 12.6 Å². The van der Waals surface area contributed by atoms with Gasteiger partial charge in [-0.15, -0.1) is 0 Å². The number of ether oxygens (including phenoxy) is 1. The van der Waals surface area contributed by atoms with E-state index in [0.717, 1.165) is 32.3 Å². The molecule has 2 atom stereocenters. The van der Waals surface area contributed by atoms with Gasteiger partial charge in [-0.1, -0.05) is 19.3 Å². The van der Waals surface area contributed by atoms with Crippen molar-refractivity contribution in [3.63, 3.8) is 0 Å². The average Bonchev–Trinajstić information content (AvgIpc) is 2.83. The van der Waals surface area contributed by atoms with E-state index in [0.29, 0.717) is 6.04 Å². The predicted molar refractivity (Wildman–Crippen MR) is 67.0 cm³/mol. The van der Waals surface area contributed by atoms with E-state index in [-0.39, 0.29) is 18.2 Å². The maximum Gasteiger partial charge on any atom is 0.315 e. The largest absolute Gasteiger partial charge is 0.376 e. The first-order chi connectivity index (χ1) is 8.25. The number of carbonyl (C=O) groups excluding carboxylic acids is 1. The second kappa shape index (κ2) is 6.24. The SMILES string of the molecule is C[C@H](NC(=O)NC1CCCCC1)[C@@H]1CCCO1. The van der Waals surface area contributed by atoms with Crippen LogP contribution in [-0.4, -0.2) is 30.8 Å². The molecule has 2 N–H and O–H groups in total.